The van der Waals surface area contributed by atoms with Gasteiger partial charge in [-0.15, -0.1) is 0 Å². The number of primary amides is 1. The molecule has 3 aliphatic rings. The number of nitrogens with one attached hydrogen (secondary N) is 2. The van der Waals surface area contributed by atoms with Gasteiger partial charge in [0.15, 0.2) is 0 Å². The quantitative estimate of drug-likeness (QED) is 0.349. The number of amides is 4. The molecule has 10 heteroatoms. The van der Waals surface area contributed by atoms with Crippen molar-refractivity contribution in [2.24, 2.45) is 17.6 Å². The number of para-hydroxylation sites is 1. The highest BCUT2D eigenvalue weighted by atomic mass is 16.5. The number of hydrogen-bond acceptors (Lipinski definition) is 7. The average Bonchev–Trinajstić information content (AvgIpc) is 3.33. The summed E-state index contributed by atoms with van der Waals surface area (Å²) in [4.78, 5) is 64.4. The Balaban J connectivity index is 1.59. The molecule has 0 saturated carbocycles. The number of carbonyl (C=O) groups is 5. The molecule has 3 aliphatic heterocycles. The lowest BCUT2D eigenvalue weighted by atomic mass is 9.76. The van der Waals surface area contributed by atoms with Gasteiger partial charge in [0, 0.05) is 30.6 Å². The maximum Gasteiger partial charge on any atom is 0.308 e. The van der Waals surface area contributed by atoms with Crippen molar-refractivity contribution in [2.45, 2.75) is 24.9 Å². The maximum absolute atomic E-state index is 13.7. The molecule has 2 fully saturated rings. The highest BCUT2D eigenvalue weighted by Crippen LogP contribution is 2.53. The molecule has 4 atom stereocenters. The van der Waals surface area contributed by atoms with E-state index in [0.29, 0.717) is 11.3 Å². The van der Waals surface area contributed by atoms with Crippen molar-refractivity contribution >= 4 is 41.0 Å². The van der Waals surface area contributed by atoms with Crippen LogP contribution in [0.1, 0.15) is 18.9 Å². The molecule has 4 N–H and O–H groups in total. The van der Waals surface area contributed by atoms with E-state index >= 15 is 0 Å². The van der Waals surface area contributed by atoms with Crippen LogP contribution in [0.2, 0.25) is 0 Å². The summed E-state index contributed by atoms with van der Waals surface area (Å²) in [5, 5.41) is 5.91. The second-order valence-electron chi connectivity index (χ2n) is 8.33. The van der Waals surface area contributed by atoms with Crippen LogP contribution >= 0.6 is 0 Å². The molecule has 5 rings (SSSR count). The number of fused-ring (bicyclic) bond motifs is 4. The Morgan fingerprint density at radius 1 is 1.06 bits per heavy atom. The monoisotopic (exact) mass is 448 g/mol. The lowest BCUT2D eigenvalue weighted by Gasteiger charge is -2.29. The van der Waals surface area contributed by atoms with Crippen molar-refractivity contribution in [3.63, 3.8) is 0 Å². The molecule has 0 aromatic heterocycles. The summed E-state index contributed by atoms with van der Waals surface area (Å²) in [5.41, 5.74) is 5.28. The van der Waals surface area contributed by atoms with Crippen LogP contribution in [-0.2, 0) is 29.5 Å². The van der Waals surface area contributed by atoms with Crippen LogP contribution < -0.4 is 26.0 Å². The standard InChI is InChI=1S/C23H20N4O6/c1-11(28)33-13-8-6-12(7-9-13)27-20(30)18-16(10-17(24)29)26-23(19(18)21(27)31)14-4-2-3-5-15(14)25-22(23)32/h2-9,16,18-19,26H,10H2,1H3,(H2,24,29)(H,25,32)/t16-,18+,19-,23-/m0/s1. The maximum atomic E-state index is 13.7. The van der Waals surface area contributed by atoms with E-state index < -0.39 is 53.0 Å². The summed E-state index contributed by atoms with van der Waals surface area (Å²) < 4.78 is 5.01. The molecule has 2 aromatic rings. The Hall–Kier alpha value is -4.05. The molecule has 0 radical (unpaired) electrons. The summed E-state index contributed by atoms with van der Waals surface area (Å²) in [6.07, 6.45) is -0.212. The average molecular weight is 448 g/mol. The van der Waals surface area contributed by atoms with E-state index in [-0.39, 0.29) is 17.9 Å². The largest absolute Gasteiger partial charge is 0.427 e. The van der Waals surface area contributed by atoms with Gasteiger partial charge in [-0.05, 0) is 30.3 Å². The Morgan fingerprint density at radius 2 is 1.76 bits per heavy atom. The molecular formula is C23H20N4O6. The van der Waals surface area contributed by atoms with Gasteiger partial charge < -0.3 is 15.8 Å². The number of ether oxygens (including phenoxy) is 1. The lowest BCUT2D eigenvalue weighted by Crippen LogP contribution is -2.53. The van der Waals surface area contributed by atoms with E-state index in [1.165, 1.54) is 31.2 Å². The van der Waals surface area contributed by atoms with Crippen molar-refractivity contribution in [2.75, 3.05) is 10.2 Å². The minimum Gasteiger partial charge on any atom is -0.427 e. The molecule has 3 heterocycles. The lowest BCUT2D eigenvalue weighted by molar-refractivity contribution is -0.132. The van der Waals surface area contributed by atoms with Gasteiger partial charge in [0.05, 0.1) is 17.5 Å². The number of carbonyl (C=O) groups excluding carboxylic acids is 5. The number of imide groups is 1. The van der Waals surface area contributed by atoms with Crippen molar-refractivity contribution in [1.29, 1.82) is 0 Å². The number of anilines is 2. The van der Waals surface area contributed by atoms with Crippen molar-refractivity contribution in [3.05, 3.63) is 54.1 Å². The van der Waals surface area contributed by atoms with Crippen LogP contribution in [0.3, 0.4) is 0 Å². The Kier molecular flexibility index (Phi) is 4.57. The molecule has 2 saturated heterocycles. The third kappa shape index (κ3) is 2.94. The van der Waals surface area contributed by atoms with Gasteiger partial charge in [0.1, 0.15) is 11.3 Å². The van der Waals surface area contributed by atoms with Crippen LogP contribution in [0, 0.1) is 11.8 Å². The summed E-state index contributed by atoms with van der Waals surface area (Å²) in [6, 6.07) is 12.0. The van der Waals surface area contributed by atoms with Gasteiger partial charge in [0.25, 0.3) is 0 Å². The zero-order valence-electron chi connectivity index (χ0n) is 17.5. The highest BCUT2D eigenvalue weighted by Gasteiger charge is 2.70. The van der Waals surface area contributed by atoms with Gasteiger partial charge >= 0.3 is 5.97 Å². The van der Waals surface area contributed by atoms with Crippen LogP contribution in [0.5, 0.6) is 5.75 Å². The Bertz CT molecular complexity index is 1230. The molecule has 0 aliphatic carbocycles. The predicted octanol–water partition coefficient (Wildman–Crippen LogP) is 0.412. The molecule has 4 amide bonds. The topological polar surface area (TPSA) is 148 Å². The van der Waals surface area contributed by atoms with E-state index in [4.69, 9.17) is 10.5 Å². The third-order valence-corrected chi connectivity index (χ3v) is 6.40. The van der Waals surface area contributed by atoms with Crippen molar-refractivity contribution in [1.82, 2.24) is 5.32 Å². The zero-order chi connectivity index (χ0) is 23.5. The second kappa shape index (κ2) is 7.24. The molecule has 10 nitrogen and oxygen atoms in total. The van der Waals surface area contributed by atoms with Gasteiger partial charge in [-0.25, -0.2) is 4.90 Å². The highest BCUT2D eigenvalue weighted by molar-refractivity contribution is 6.26. The second-order valence-corrected chi connectivity index (χ2v) is 8.33. The number of esters is 1. The van der Waals surface area contributed by atoms with Crippen molar-refractivity contribution < 1.29 is 28.7 Å². The number of hydrogen-bond donors (Lipinski definition) is 3. The van der Waals surface area contributed by atoms with Gasteiger partial charge in [-0.1, -0.05) is 18.2 Å². The van der Waals surface area contributed by atoms with Crippen LogP contribution in [0.15, 0.2) is 48.5 Å². The molecule has 33 heavy (non-hydrogen) atoms. The van der Waals surface area contributed by atoms with Crippen molar-refractivity contribution in [3.8, 4) is 5.75 Å². The first-order valence-electron chi connectivity index (χ1n) is 10.4. The molecule has 168 valence electrons. The smallest absolute Gasteiger partial charge is 0.308 e. The zero-order valence-corrected chi connectivity index (χ0v) is 17.5. The van der Waals surface area contributed by atoms with E-state index in [1.54, 1.807) is 24.3 Å². The molecule has 2 aromatic carbocycles. The van der Waals surface area contributed by atoms with E-state index in [2.05, 4.69) is 10.6 Å². The van der Waals surface area contributed by atoms with E-state index in [0.717, 1.165) is 4.90 Å². The van der Waals surface area contributed by atoms with Gasteiger partial charge in [-0.2, -0.15) is 0 Å². The molecule has 0 unspecified atom stereocenters. The number of rotatable bonds is 4. The minimum atomic E-state index is -1.50. The summed E-state index contributed by atoms with van der Waals surface area (Å²) in [6.45, 7) is 1.26. The van der Waals surface area contributed by atoms with E-state index in [1.807, 2.05) is 0 Å². The van der Waals surface area contributed by atoms with Crippen LogP contribution in [0.4, 0.5) is 11.4 Å². The first-order chi connectivity index (χ1) is 15.7. The third-order valence-electron chi connectivity index (χ3n) is 6.40. The molecular weight excluding hydrogens is 428 g/mol. The number of nitrogens with two attached hydrogens (primary N) is 1. The van der Waals surface area contributed by atoms with Crippen LogP contribution in [-0.4, -0.2) is 35.6 Å². The molecule has 0 bridgehead atoms. The fourth-order valence-corrected chi connectivity index (χ4v) is 5.23. The first-order valence-corrected chi connectivity index (χ1v) is 10.4. The van der Waals surface area contributed by atoms with E-state index in [9.17, 15) is 24.0 Å². The Morgan fingerprint density at radius 3 is 2.42 bits per heavy atom. The first kappa shape index (κ1) is 20.8. The fourth-order valence-electron chi connectivity index (χ4n) is 5.23. The predicted molar refractivity (Wildman–Crippen MR) is 115 cm³/mol. The SMILES string of the molecule is CC(=O)Oc1ccc(N2C(=O)[C@@H]3[C@H](CC(N)=O)N[C@]4(C(=O)Nc5ccccc54)[C@@H]3C2=O)cc1. The van der Waals surface area contributed by atoms with Crippen LogP contribution in [0.25, 0.3) is 0 Å². The normalized spacial score (nSPS) is 27.5. The van der Waals surface area contributed by atoms with Gasteiger partial charge in [0.2, 0.25) is 23.6 Å². The molecule has 1 spiro atoms. The minimum absolute atomic E-state index is 0.212. The van der Waals surface area contributed by atoms with Gasteiger partial charge in [-0.3, -0.25) is 29.3 Å². The summed E-state index contributed by atoms with van der Waals surface area (Å²) in [7, 11) is 0. The fraction of sp³-hybridized carbons (Fsp3) is 0.261. The summed E-state index contributed by atoms with van der Waals surface area (Å²) in [5.74, 6) is -4.47. The summed E-state index contributed by atoms with van der Waals surface area (Å²) >= 11 is 0. The Labute approximate surface area is 188 Å². The number of nitrogens with zero attached hydrogens (tertiary/aromatic N) is 1. The number of benzene rings is 2.